The number of rotatable bonds is 4. The largest absolute Gasteiger partial charge is 0.382 e. The van der Waals surface area contributed by atoms with Gasteiger partial charge < -0.3 is 19.7 Å². The lowest BCUT2D eigenvalue weighted by molar-refractivity contribution is -0.0494. The Morgan fingerprint density at radius 1 is 1.41 bits per heavy atom. The molecule has 0 aromatic heterocycles. The SMILES string of the molecule is COC[C@@H]1CN(C(=O)NCc2ccc3c(c2)CCC3)CCO1. The summed E-state index contributed by atoms with van der Waals surface area (Å²) in [4.78, 5) is 14.1. The van der Waals surface area contributed by atoms with Gasteiger partial charge in [0.2, 0.25) is 0 Å². The van der Waals surface area contributed by atoms with E-state index in [1.54, 1.807) is 12.0 Å². The summed E-state index contributed by atoms with van der Waals surface area (Å²) in [5, 5.41) is 3.01. The molecule has 0 bridgehead atoms. The molecular weight excluding hydrogens is 280 g/mol. The number of morpholine rings is 1. The maximum absolute atomic E-state index is 12.3. The minimum Gasteiger partial charge on any atom is -0.382 e. The maximum atomic E-state index is 12.3. The van der Waals surface area contributed by atoms with Crippen LogP contribution in [0, 0.1) is 0 Å². The van der Waals surface area contributed by atoms with E-state index in [0.717, 1.165) is 0 Å². The third-order valence-electron chi connectivity index (χ3n) is 4.39. The Morgan fingerprint density at radius 2 is 2.27 bits per heavy atom. The number of fused-ring (bicyclic) bond motifs is 1. The van der Waals surface area contributed by atoms with Crippen molar-refractivity contribution in [3.8, 4) is 0 Å². The predicted octanol–water partition coefficient (Wildman–Crippen LogP) is 1.73. The third kappa shape index (κ3) is 3.59. The molecule has 0 unspecified atom stereocenters. The van der Waals surface area contributed by atoms with Crippen LogP contribution >= 0.6 is 0 Å². The summed E-state index contributed by atoms with van der Waals surface area (Å²) in [5.41, 5.74) is 4.08. The van der Waals surface area contributed by atoms with Gasteiger partial charge in [0.25, 0.3) is 0 Å². The third-order valence-corrected chi connectivity index (χ3v) is 4.39. The number of benzene rings is 1. The first-order valence-corrected chi connectivity index (χ1v) is 8.00. The van der Waals surface area contributed by atoms with E-state index in [-0.39, 0.29) is 12.1 Å². The van der Waals surface area contributed by atoms with E-state index in [2.05, 4.69) is 23.5 Å². The van der Waals surface area contributed by atoms with Crippen molar-refractivity contribution in [3.05, 3.63) is 34.9 Å². The average Bonchev–Trinajstić information content (AvgIpc) is 3.01. The van der Waals surface area contributed by atoms with Crippen molar-refractivity contribution in [3.63, 3.8) is 0 Å². The van der Waals surface area contributed by atoms with Crippen LogP contribution in [0.5, 0.6) is 0 Å². The summed E-state index contributed by atoms with van der Waals surface area (Å²) in [6, 6.07) is 6.53. The van der Waals surface area contributed by atoms with Crippen molar-refractivity contribution in [2.24, 2.45) is 0 Å². The molecule has 0 saturated carbocycles. The van der Waals surface area contributed by atoms with Gasteiger partial charge in [0.1, 0.15) is 0 Å². The molecular formula is C17H24N2O3. The number of carbonyl (C=O) groups excluding carboxylic acids is 1. The highest BCUT2D eigenvalue weighted by molar-refractivity contribution is 5.74. The van der Waals surface area contributed by atoms with Gasteiger partial charge in [-0.25, -0.2) is 4.79 Å². The lowest BCUT2D eigenvalue weighted by atomic mass is 10.1. The molecule has 1 aliphatic heterocycles. The first-order valence-electron chi connectivity index (χ1n) is 8.00. The molecule has 3 rings (SSSR count). The maximum Gasteiger partial charge on any atom is 0.317 e. The minimum atomic E-state index is -0.0236. The number of urea groups is 1. The van der Waals surface area contributed by atoms with Gasteiger partial charge >= 0.3 is 6.03 Å². The van der Waals surface area contributed by atoms with Gasteiger partial charge in [-0.15, -0.1) is 0 Å². The van der Waals surface area contributed by atoms with Crippen molar-refractivity contribution in [1.29, 1.82) is 0 Å². The van der Waals surface area contributed by atoms with Crippen LogP contribution in [0.3, 0.4) is 0 Å². The van der Waals surface area contributed by atoms with E-state index < -0.39 is 0 Å². The molecule has 1 heterocycles. The fraction of sp³-hybridized carbons (Fsp3) is 0.588. The number of nitrogens with one attached hydrogen (secondary N) is 1. The van der Waals surface area contributed by atoms with Crippen LogP contribution in [-0.4, -0.2) is 50.4 Å². The van der Waals surface area contributed by atoms with Crippen LogP contribution < -0.4 is 5.32 Å². The molecule has 1 aliphatic carbocycles. The number of carbonyl (C=O) groups is 1. The second-order valence-corrected chi connectivity index (χ2v) is 6.01. The molecule has 1 N–H and O–H groups in total. The zero-order valence-corrected chi connectivity index (χ0v) is 13.1. The normalized spacial score (nSPS) is 20.8. The number of ether oxygens (including phenoxy) is 2. The molecule has 1 aromatic carbocycles. The monoisotopic (exact) mass is 304 g/mol. The van der Waals surface area contributed by atoms with Gasteiger partial charge in [0, 0.05) is 20.2 Å². The molecule has 22 heavy (non-hydrogen) atoms. The van der Waals surface area contributed by atoms with Crippen LogP contribution in [0.2, 0.25) is 0 Å². The number of amides is 2. The molecule has 120 valence electrons. The summed E-state index contributed by atoms with van der Waals surface area (Å²) in [5.74, 6) is 0. The quantitative estimate of drug-likeness (QED) is 0.922. The fourth-order valence-electron chi connectivity index (χ4n) is 3.22. The van der Waals surface area contributed by atoms with E-state index >= 15 is 0 Å². The van der Waals surface area contributed by atoms with E-state index in [9.17, 15) is 4.79 Å². The number of nitrogens with zero attached hydrogens (tertiary/aromatic N) is 1. The summed E-state index contributed by atoms with van der Waals surface area (Å²) in [6.07, 6.45) is 3.58. The fourth-order valence-corrected chi connectivity index (χ4v) is 3.22. The zero-order chi connectivity index (χ0) is 15.4. The highest BCUT2D eigenvalue weighted by atomic mass is 16.5. The lowest BCUT2D eigenvalue weighted by Gasteiger charge is -2.32. The first kappa shape index (κ1) is 15.3. The van der Waals surface area contributed by atoms with Crippen molar-refractivity contribution in [2.75, 3.05) is 33.4 Å². The topological polar surface area (TPSA) is 50.8 Å². The molecule has 1 aromatic rings. The Balaban J connectivity index is 1.51. The number of hydrogen-bond donors (Lipinski definition) is 1. The van der Waals surface area contributed by atoms with E-state index in [0.29, 0.717) is 32.8 Å². The number of methoxy groups -OCH3 is 1. The molecule has 1 saturated heterocycles. The summed E-state index contributed by atoms with van der Waals surface area (Å²) in [6.45, 7) is 2.90. The standard InChI is InChI=1S/C17H24N2O3/c1-21-12-16-11-19(7-8-22-16)17(20)18-10-13-5-6-14-3-2-4-15(14)9-13/h5-6,9,16H,2-4,7-8,10-12H2,1H3,(H,18,20)/t16-/m0/s1. The highest BCUT2D eigenvalue weighted by Gasteiger charge is 2.24. The van der Waals surface area contributed by atoms with Crippen LogP contribution in [0.4, 0.5) is 4.79 Å². The molecule has 0 spiro atoms. The smallest absolute Gasteiger partial charge is 0.317 e. The van der Waals surface area contributed by atoms with Gasteiger partial charge in [-0.3, -0.25) is 0 Å². The molecule has 1 atom stereocenters. The number of hydrogen-bond acceptors (Lipinski definition) is 3. The van der Waals surface area contributed by atoms with Gasteiger partial charge in [0.05, 0.1) is 25.9 Å². The van der Waals surface area contributed by atoms with E-state index in [1.807, 2.05) is 0 Å². The molecule has 2 amide bonds. The Morgan fingerprint density at radius 3 is 3.14 bits per heavy atom. The van der Waals surface area contributed by atoms with E-state index in [1.165, 1.54) is 36.0 Å². The number of aryl methyl sites for hydroxylation is 2. The molecule has 1 fully saturated rings. The van der Waals surface area contributed by atoms with Crippen LogP contribution in [0.1, 0.15) is 23.1 Å². The lowest BCUT2D eigenvalue weighted by Crippen LogP contribution is -2.50. The van der Waals surface area contributed by atoms with Crippen molar-refractivity contribution in [2.45, 2.75) is 31.9 Å². The Labute approximate surface area is 131 Å². The molecule has 5 nitrogen and oxygen atoms in total. The first-order chi connectivity index (χ1) is 10.8. The second kappa shape index (κ2) is 7.11. The highest BCUT2D eigenvalue weighted by Crippen LogP contribution is 2.22. The Hall–Kier alpha value is -1.59. The van der Waals surface area contributed by atoms with Crippen molar-refractivity contribution < 1.29 is 14.3 Å². The predicted molar refractivity (Wildman–Crippen MR) is 83.9 cm³/mol. The Kier molecular flexibility index (Phi) is 4.95. The molecule has 2 aliphatic rings. The van der Waals surface area contributed by atoms with E-state index in [4.69, 9.17) is 9.47 Å². The second-order valence-electron chi connectivity index (χ2n) is 6.01. The molecule has 0 radical (unpaired) electrons. The average molecular weight is 304 g/mol. The summed E-state index contributed by atoms with van der Waals surface area (Å²) >= 11 is 0. The van der Waals surface area contributed by atoms with Gasteiger partial charge in [-0.2, -0.15) is 0 Å². The zero-order valence-electron chi connectivity index (χ0n) is 13.1. The van der Waals surface area contributed by atoms with Crippen LogP contribution in [0.15, 0.2) is 18.2 Å². The Bertz CT molecular complexity index is 531. The van der Waals surface area contributed by atoms with Crippen molar-refractivity contribution in [1.82, 2.24) is 10.2 Å². The summed E-state index contributed by atoms with van der Waals surface area (Å²) < 4.78 is 10.7. The molecule has 5 heteroatoms. The van der Waals surface area contributed by atoms with Crippen LogP contribution in [-0.2, 0) is 28.9 Å². The van der Waals surface area contributed by atoms with Gasteiger partial charge in [0.15, 0.2) is 0 Å². The van der Waals surface area contributed by atoms with Gasteiger partial charge in [-0.1, -0.05) is 18.2 Å². The van der Waals surface area contributed by atoms with Gasteiger partial charge in [-0.05, 0) is 36.0 Å². The van der Waals surface area contributed by atoms with Crippen LogP contribution in [0.25, 0.3) is 0 Å². The van der Waals surface area contributed by atoms with Crippen molar-refractivity contribution >= 4 is 6.03 Å². The summed E-state index contributed by atoms with van der Waals surface area (Å²) in [7, 11) is 1.65. The minimum absolute atomic E-state index is 0.0232.